The zero-order chi connectivity index (χ0) is 7.98. The molecule has 0 aromatic heterocycles. The molecule has 0 aliphatic heterocycles. The van der Waals surface area contributed by atoms with E-state index in [9.17, 15) is 0 Å². The predicted octanol–water partition coefficient (Wildman–Crippen LogP) is 1.70. The molecule has 0 saturated heterocycles. The van der Waals surface area contributed by atoms with Gasteiger partial charge in [-0.2, -0.15) is 0 Å². The average molecular weight is 161 g/mol. The normalized spacial score (nSPS) is 9.60. The van der Waals surface area contributed by atoms with Gasteiger partial charge in [-0.05, 0) is 32.5 Å². The van der Waals surface area contributed by atoms with E-state index in [1.807, 2.05) is 13.8 Å². The molecule has 0 radical (unpaired) electrons. The van der Waals surface area contributed by atoms with Gasteiger partial charge in [-0.1, -0.05) is 6.92 Å². The van der Waals surface area contributed by atoms with Crippen LogP contribution in [0.3, 0.4) is 0 Å². The van der Waals surface area contributed by atoms with Crippen LogP contribution in [0.25, 0.3) is 0 Å². The molecular formula is C7H15NOS. The number of hydrogen-bond acceptors (Lipinski definition) is 2. The van der Waals surface area contributed by atoms with Gasteiger partial charge in [0.25, 0.3) is 5.17 Å². The maximum Gasteiger partial charge on any atom is 0.256 e. The lowest BCUT2D eigenvalue weighted by atomic mass is 10.5. The molecule has 0 aromatic carbocycles. The lowest BCUT2D eigenvalue weighted by Crippen LogP contribution is -2.26. The molecule has 0 rings (SSSR count). The van der Waals surface area contributed by atoms with Crippen molar-refractivity contribution >= 4 is 17.4 Å². The molecule has 0 fully saturated rings. The van der Waals surface area contributed by atoms with E-state index in [0.717, 1.165) is 13.0 Å². The fraction of sp³-hybridized carbons (Fsp3) is 0.857. The summed E-state index contributed by atoms with van der Waals surface area (Å²) in [7, 11) is 0. The molecule has 0 aliphatic carbocycles. The van der Waals surface area contributed by atoms with Crippen molar-refractivity contribution in [3.05, 3.63) is 0 Å². The van der Waals surface area contributed by atoms with E-state index in [1.54, 1.807) is 0 Å². The van der Waals surface area contributed by atoms with Gasteiger partial charge in [0.05, 0.1) is 6.10 Å². The first kappa shape index (κ1) is 9.69. The van der Waals surface area contributed by atoms with Crippen LogP contribution in [0.15, 0.2) is 0 Å². The molecule has 10 heavy (non-hydrogen) atoms. The van der Waals surface area contributed by atoms with Crippen LogP contribution in [0.2, 0.25) is 0 Å². The van der Waals surface area contributed by atoms with E-state index in [4.69, 9.17) is 17.0 Å². The third kappa shape index (κ3) is 5.82. The molecule has 0 spiro atoms. The Labute approximate surface area is 68.0 Å². The summed E-state index contributed by atoms with van der Waals surface area (Å²) in [5.74, 6) is 0. The summed E-state index contributed by atoms with van der Waals surface area (Å²) in [5.41, 5.74) is 0. The quantitative estimate of drug-likeness (QED) is 0.636. The Bertz CT molecular complexity index is 104. The molecule has 0 bridgehead atoms. The van der Waals surface area contributed by atoms with Gasteiger partial charge in [0.1, 0.15) is 0 Å². The zero-order valence-corrected chi connectivity index (χ0v) is 7.62. The summed E-state index contributed by atoms with van der Waals surface area (Å²) in [5, 5.41) is 3.48. The molecule has 0 atom stereocenters. The summed E-state index contributed by atoms with van der Waals surface area (Å²) in [4.78, 5) is 0. The van der Waals surface area contributed by atoms with Crippen molar-refractivity contribution in [2.75, 3.05) is 6.54 Å². The van der Waals surface area contributed by atoms with E-state index >= 15 is 0 Å². The van der Waals surface area contributed by atoms with Gasteiger partial charge in [0.2, 0.25) is 0 Å². The summed E-state index contributed by atoms with van der Waals surface area (Å²) in [6.45, 7) is 6.90. The van der Waals surface area contributed by atoms with Crippen LogP contribution in [0, 0.1) is 0 Å². The van der Waals surface area contributed by atoms with Crippen molar-refractivity contribution in [1.29, 1.82) is 0 Å². The Balaban J connectivity index is 3.26. The molecule has 1 N–H and O–H groups in total. The molecule has 60 valence electrons. The van der Waals surface area contributed by atoms with Crippen molar-refractivity contribution in [1.82, 2.24) is 5.32 Å². The largest absolute Gasteiger partial charge is 0.468 e. The fourth-order valence-corrected chi connectivity index (χ4v) is 0.777. The summed E-state index contributed by atoms with van der Waals surface area (Å²) in [6, 6.07) is 0. The van der Waals surface area contributed by atoms with Crippen LogP contribution >= 0.6 is 12.2 Å². The highest BCUT2D eigenvalue weighted by molar-refractivity contribution is 7.80. The van der Waals surface area contributed by atoms with Crippen molar-refractivity contribution in [3.63, 3.8) is 0 Å². The Hall–Kier alpha value is -0.310. The Kier molecular flexibility index (Phi) is 5.30. The van der Waals surface area contributed by atoms with E-state index in [1.165, 1.54) is 0 Å². The monoisotopic (exact) mass is 161 g/mol. The first-order valence-electron chi connectivity index (χ1n) is 3.61. The highest BCUT2D eigenvalue weighted by atomic mass is 32.1. The van der Waals surface area contributed by atoms with Crippen LogP contribution in [-0.2, 0) is 4.74 Å². The van der Waals surface area contributed by atoms with Crippen LogP contribution in [0.1, 0.15) is 27.2 Å². The lowest BCUT2D eigenvalue weighted by molar-refractivity contribution is 0.224. The maximum absolute atomic E-state index is 5.17. The van der Waals surface area contributed by atoms with Gasteiger partial charge in [-0.25, -0.2) is 0 Å². The minimum atomic E-state index is 0.178. The fourth-order valence-electron chi connectivity index (χ4n) is 0.483. The molecule has 0 saturated carbocycles. The van der Waals surface area contributed by atoms with Crippen molar-refractivity contribution in [2.45, 2.75) is 33.3 Å². The Morgan fingerprint density at radius 3 is 2.60 bits per heavy atom. The van der Waals surface area contributed by atoms with Gasteiger partial charge in [0.15, 0.2) is 0 Å². The van der Waals surface area contributed by atoms with Gasteiger partial charge in [0, 0.05) is 6.54 Å². The molecule has 3 heteroatoms. The zero-order valence-electron chi connectivity index (χ0n) is 6.81. The van der Waals surface area contributed by atoms with Gasteiger partial charge < -0.3 is 10.1 Å². The van der Waals surface area contributed by atoms with Crippen LogP contribution < -0.4 is 5.32 Å². The topological polar surface area (TPSA) is 21.3 Å². The standard InChI is InChI=1S/C7H15NOS/c1-4-5-8-7(10)9-6(2)3/h6H,4-5H2,1-3H3,(H,8,10). The summed E-state index contributed by atoms with van der Waals surface area (Å²) < 4.78 is 5.17. The van der Waals surface area contributed by atoms with Crippen LogP contribution in [-0.4, -0.2) is 17.8 Å². The minimum absolute atomic E-state index is 0.178. The van der Waals surface area contributed by atoms with E-state index in [2.05, 4.69) is 12.2 Å². The minimum Gasteiger partial charge on any atom is -0.468 e. The average Bonchev–Trinajstić information content (AvgIpc) is 1.82. The van der Waals surface area contributed by atoms with Gasteiger partial charge in [-0.15, -0.1) is 0 Å². The van der Waals surface area contributed by atoms with E-state index in [0.29, 0.717) is 5.17 Å². The van der Waals surface area contributed by atoms with Crippen LogP contribution in [0.4, 0.5) is 0 Å². The third-order valence-electron chi connectivity index (χ3n) is 0.862. The predicted molar refractivity (Wildman–Crippen MR) is 47.1 cm³/mol. The second-order valence-electron chi connectivity index (χ2n) is 2.38. The van der Waals surface area contributed by atoms with Gasteiger partial charge in [-0.3, -0.25) is 0 Å². The Morgan fingerprint density at radius 1 is 1.60 bits per heavy atom. The summed E-state index contributed by atoms with van der Waals surface area (Å²) in [6.07, 6.45) is 1.25. The van der Waals surface area contributed by atoms with Crippen molar-refractivity contribution in [2.24, 2.45) is 0 Å². The second kappa shape index (κ2) is 5.47. The van der Waals surface area contributed by atoms with Crippen molar-refractivity contribution < 1.29 is 4.74 Å². The molecule has 2 nitrogen and oxygen atoms in total. The first-order valence-corrected chi connectivity index (χ1v) is 4.02. The van der Waals surface area contributed by atoms with Crippen LogP contribution in [0.5, 0.6) is 0 Å². The van der Waals surface area contributed by atoms with Gasteiger partial charge >= 0.3 is 0 Å². The molecule has 0 aromatic rings. The first-order chi connectivity index (χ1) is 4.66. The number of hydrogen-bond donors (Lipinski definition) is 1. The third-order valence-corrected chi connectivity index (χ3v) is 1.10. The molecule has 0 amide bonds. The number of ether oxygens (including phenoxy) is 1. The number of nitrogens with one attached hydrogen (secondary N) is 1. The highest BCUT2D eigenvalue weighted by Gasteiger charge is 1.96. The molecule has 0 aliphatic rings. The van der Waals surface area contributed by atoms with E-state index in [-0.39, 0.29) is 6.10 Å². The van der Waals surface area contributed by atoms with Crippen molar-refractivity contribution in [3.8, 4) is 0 Å². The number of thiocarbonyl (C=S) groups is 1. The molecule has 0 heterocycles. The lowest BCUT2D eigenvalue weighted by Gasteiger charge is -2.10. The smallest absolute Gasteiger partial charge is 0.256 e. The van der Waals surface area contributed by atoms with E-state index < -0.39 is 0 Å². The Morgan fingerprint density at radius 2 is 2.20 bits per heavy atom. The maximum atomic E-state index is 5.17. The summed E-state index contributed by atoms with van der Waals surface area (Å²) >= 11 is 4.86. The number of rotatable bonds is 3. The molecule has 0 unspecified atom stereocenters. The molecular weight excluding hydrogens is 146 g/mol. The second-order valence-corrected chi connectivity index (χ2v) is 2.75. The highest BCUT2D eigenvalue weighted by Crippen LogP contribution is 1.88. The SMILES string of the molecule is CCCNC(=S)OC(C)C.